The predicted molar refractivity (Wildman–Crippen MR) is 137 cm³/mol. The lowest BCUT2D eigenvalue weighted by atomic mass is 9.70. The molecule has 4 heteroatoms. The van der Waals surface area contributed by atoms with Gasteiger partial charge in [0.15, 0.2) is 11.6 Å². The zero-order valence-electron chi connectivity index (χ0n) is 21.7. The molecular formula is C30H47FO3. The summed E-state index contributed by atoms with van der Waals surface area (Å²) in [6, 6.07) is 4.40. The normalized spacial score (nSPS) is 25.1. The quantitative estimate of drug-likeness (QED) is 0.211. The molecule has 3 nitrogen and oxygen atoms in total. The average Bonchev–Trinajstić information content (AvgIpc) is 2.86. The first-order valence-electron chi connectivity index (χ1n) is 14.2. The number of ether oxygens (including phenoxy) is 2. The van der Waals surface area contributed by atoms with Crippen LogP contribution in [0.15, 0.2) is 18.2 Å². The lowest BCUT2D eigenvalue weighted by molar-refractivity contribution is 0.0109. The second-order valence-corrected chi connectivity index (χ2v) is 10.8. The van der Waals surface area contributed by atoms with E-state index in [0.717, 1.165) is 56.3 Å². The van der Waals surface area contributed by atoms with Crippen molar-refractivity contribution in [1.29, 1.82) is 0 Å². The van der Waals surface area contributed by atoms with E-state index >= 15 is 0 Å². The van der Waals surface area contributed by atoms with Crippen molar-refractivity contribution in [3.63, 3.8) is 0 Å². The van der Waals surface area contributed by atoms with Crippen LogP contribution in [0.25, 0.3) is 0 Å². The molecule has 0 atom stereocenters. The summed E-state index contributed by atoms with van der Waals surface area (Å²) in [5.41, 5.74) is 0.274. The number of carbonyl (C=O) groups excluding carboxylic acids is 1. The number of hydrogen-bond acceptors (Lipinski definition) is 3. The maximum Gasteiger partial charge on any atom is 0.338 e. The Balaban J connectivity index is 1.34. The van der Waals surface area contributed by atoms with E-state index in [-0.39, 0.29) is 17.4 Å². The van der Waals surface area contributed by atoms with E-state index < -0.39 is 11.8 Å². The molecule has 2 aliphatic rings. The van der Waals surface area contributed by atoms with Gasteiger partial charge in [0.1, 0.15) is 6.10 Å². The van der Waals surface area contributed by atoms with Gasteiger partial charge in [-0.2, -0.15) is 0 Å². The van der Waals surface area contributed by atoms with E-state index in [0.29, 0.717) is 6.61 Å². The Hall–Kier alpha value is -1.58. The van der Waals surface area contributed by atoms with Gasteiger partial charge in [-0.1, -0.05) is 71.6 Å². The van der Waals surface area contributed by atoms with E-state index in [2.05, 4.69) is 13.8 Å². The van der Waals surface area contributed by atoms with Gasteiger partial charge in [0.05, 0.1) is 12.2 Å². The van der Waals surface area contributed by atoms with Crippen LogP contribution in [0.4, 0.5) is 4.39 Å². The fraction of sp³-hybridized carbons (Fsp3) is 0.767. The fourth-order valence-corrected chi connectivity index (χ4v) is 5.95. The molecule has 0 aliphatic heterocycles. The number of unbranched alkanes of at least 4 members (excludes halogenated alkanes) is 5. The standard InChI is InChI=1S/C30H47FO3/c1-3-5-7-8-9-10-23-11-13-24(14-12-23)25-15-18-27(19-16-25)34-30(32)26-17-20-29(28(31)22-26)33-21-6-4-2/h17,20,22-25,27H,3-16,18-19,21H2,1-2H3. The third kappa shape index (κ3) is 8.57. The van der Waals surface area contributed by atoms with Crippen LogP contribution in [0.1, 0.15) is 127 Å². The second kappa shape index (κ2) is 14.7. The smallest absolute Gasteiger partial charge is 0.338 e. The maximum atomic E-state index is 14.3. The molecule has 0 bridgehead atoms. The van der Waals surface area contributed by atoms with Gasteiger partial charge in [-0.3, -0.25) is 0 Å². The summed E-state index contributed by atoms with van der Waals surface area (Å²) >= 11 is 0. The molecule has 3 rings (SSSR count). The lowest BCUT2D eigenvalue weighted by Crippen LogP contribution is -2.29. The highest BCUT2D eigenvalue weighted by Crippen LogP contribution is 2.41. The first-order valence-corrected chi connectivity index (χ1v) is 14.2. The van der Waals surface area contributed by atoms with Crippen LogP contribution in [0.3, 0.4) is 0 Å². The molecule has 0 amide bonds. The molecule has 2 aliphatic carbocycles. The molecule has 2 saturated carbocycles. The van der Waals surface area contributed by atoms with Crippen molar-refractivity contribution in [1.82, 2.24) is 0 Å². The van der Waals surface area contributed by atoms with Gasteiger partial charge in [-0.25, -0.2) is 9.18 Å². The number of rotatable bonds is 13. The van der Waals surface area contributed by atoms with Crippen LogP contribution in [-0.4, -0.2) is 18.7 Å². The first-order chi connectivity index (χ1) is 16.6. The van der Waals surface area contributed by atoms with Gasteiger partial charge in [0.2, 0.25) is 0 Å². The summed E-state index contributed by atoms with van der Waals surface area (Å²) < 4.78 is 25.5. The molecule has 0 N–H and O–H groups in total. The van der Waals surface area contributed by atoms with E-state index in [1.807, 2.05) is 0 Å². The van der Waals surface area contributed by atoms with Crippen LogP contribution in [0, 0.1) is 23.6 Å². The molecule has 0 spiro atoms. The molecule has 34 heavy (non-hydrogen) atoms. The summed E-state index contributed by atoms with van der Waals surface area (Å²) in [5, 5.41) is 0. The van der Waals surface area contributed by atoms with Crippen LogP contribution >= 0.6 is 0 Å². The minimum atomic E-state index is -0.495. The Bertz CT molecular complexity index is 718. The number of esters is 1. The molecule has 0 unspecified atom stereocenters. The third-order valence-electron chi connectivity index (χ3n) is 8.19. The van der Waals surface area contributed by atoms with Gasteiger partial charge in [0, 0.05) is 0 Å². The van der Waals surface area contributed by atoms with Gasteiger partial charge in [-0.05, 0) is 80.9 Å². The molecule has 0 heterocycles. The minimum absolute atomic E-state index is 0.0354. The van der Waals surface area contributed by atoms with Crippen molar-refractivity contribution in [2.45, 2.75) is 123 Å². The average molecular weight is 475 g/mol. The molecule has 192 valence electrons. The van der Waals surface area contributed by atoms with Gasteiger partial charge in [0.25, 0.3) is 0 Å². The monoisotopic (exact) mass is 474 g/mol. The number of halogens is 1. The maximum absolute atomic E-state index is 14.3. The predicted octanol–water partition coefficient (Wildman–Crippen LogP) is 8.89. The zero-order chi connectivity index (χ0) is 24.2. The van der Waals surface area contributed by atoms with Crippen LogP contribution in [0.2, 0.25) is 0 Å². The Kier molecular flexibility index (Phi) is 11.7. The number of benzene rings is 1. The highest BCUT2D eigenvalue weighted by atomic mass is 19.1. The molecular weight excluding hydrogens is 427 g/mol. The summed E-state index contributed by atoms with van der Waals surface area (Å²) in [6.07, 6.45) is 20.0. The SMILES string of the molecule is CCCCCCCC1CCC(C2CCC(OC(=O)c3ccc(OCCCC)c(F)c3)CC2)CC1. The topological polar surface area (TPSA) is 35.5 Å². The van der Waals surface area contributed by atoms with Crippen molar-refractivity contribution < 1.29 is 18.7 Å². The highest BCUT2D eigenvalue weighted by Gasteiger charge is 2.32. The molecule has 0 radical (unpaired) electrons. The number of hydrogen-bond donors (Lipinski definition) is 0. The van der Waals surface area contributed by atoms with Crippen molar-refractivity contribution in [2.24, 2.45) is 17.8 Å². The summed E-state index contributed by atoms with van der Waals surface area (Å²) in [7, 11) is 0. The second-order valence-electron chi connectivity index (χ2n) is 10.8. The van der Waals surface area contributed by atoms with Crippen LogP contribution in [0.5, 0.6) is 5.75 Å². The van der Waals surface area contributed by atoms with E-state index in [1.54, 1.807) is 12.1 Å². The van der Waals surface area contributed by atoms with Crippen molar-refractivity contribution in [3.05, 3.63) is 29.6 Å². The van der Waals surface area contributed by atoms with E-state index in [9.17, 15) is 9.18 Å². The van der Waals surface area contributed by atoms with Crippen molar-refractivity contribution >= 4 is 5.97 Å². The largest absolute Gasteiger partial charge is 0.491 e. The van der Waals surface area contributed by atoms with E-state index in [1.165, 1.54) is 70.3 Å². The molecule has 2 fully saturated rings. The van der Waals surface area contributed by atoms with Crippen molar-refractivity contribution in [2.75, 3.05) is 6.61 Å². The highest BCUT2D eigenvalue weighted by molar-refractivity contribution is 5.89. The first kappa shape index (κ1) is 27.0. The summed E-state index contributed by atoms with van der Waals surface area (Å²) in [4.78, 5) is 12.6. The van der Waals surface area contributed by atoms with Gasteiger partial charge < -0.3 is 9.47 Å². The van der Waals surface area contributed by atoms with Gasteiger partial charge in [-0.15, -0.1) is 0 Å². The molecule has 0 saturated heterocycles. The zero-order valence-corrected chi connectivity index (χ0v) is 21.7. The Morgan fingerprint density at radius 3 is 2.15 bits per heavy atom. The summed E-state index contributed by atoms with van der Waals surface area (Å²) in [6.45, 7) is 4.83. The van der Waals surface area contributed by atoms with Crippen LogP contribution in [-0.2, 0) is 4.74 Å². The van der Waals surface area contributed by atoms with E-state index in [4.69, 9.17) is 9.47 Å². The molecule has 1 aromatic rings. The van der Waals surface area contributed by atoms with Crippen LogP contribution < -0.4 is 4.74 Å². The molecule has 1 aromatic carbocycles. The lowest BCUT2D eigenvalue weighted by Gasteiger charge is -2.37. The minimum Gasteiger partial charge on any atom is -0.491 e. The Morgan fingerprint density at radius 1 is 0.853 bits per heavy atom. The summed E-state index contributed by atoms with van der Waals surface area (Å²) in [5.74, 6) is 1.91. The Morgan fingerprint density at radius 2 is 1.50 bits per heavy atom. The third-order valence-corrected chi connectivity index (χ3v) is 8.19. The van der Waals surface area contributed by atoms with Crippen molar-refractivity contribution in [3.8, 4) is 5.75 Å². The van der Waals surface area contributed by atoms with Gasteiger partial charge >= 0.3 is 5.97 Å². The Labute approximate surface area is 207 Å². The number of carbonyl (C=O) groups is 1. The molecule has 0 aromatic heterocycles. The fourth-order valence-electron chi connectivity index (χ4n) is 5.95.